The first kappa shape index (κ1) is 46.7. The van der Waals surface area contributed by atoms with E-state index in [9.17, 15) is 17.8 Å². The Balaban J connectivity index is 1.05. The Morgan fingerprint density at radius 3 is 2.45 bits per heavy atom. The Hall–Kier alpha value is -4.79. The van der Waals surface area contributed by atoms with Crippen molar-refractivity contribution in [3.05, 3.63) is 116 Å². The average molecular weight is 886 g/mol. The van der Waals surface area contributed by atoms with Gasteiger partial charge in [0.25, 0.3) is 0 Å². The number of halogens is 1. The average Bonchev–Trinajstić information content (AvgIpc) is 3.83. The first-order chi connectivity index (χ1) is 30.0. The van der Waals surface area contributed by atoms with Crippen molar-refractivity contribution in [2.45, 2.75) is 70.8 Å². The lowest BCUT2D eigenvalue weighted by atomic mass is 9.81. The monoisotopic (exact) mass is 884 g/mol. The molecule has 0 bridgehead atoms. The summed E-state index contributed by atoms with van der Waals surface area (Å²) in [6.45, 7) is 9.02. The lowest BCUT2D eigenvalue weighted by Gasteiger charge is -2.15. The maximum atomic E-state index is 12.5. The minimum absolute atomic E-state index is 0.0216. The smallest absolute Gasteiger partial charge is 0.220 e. The molecule has 1 amide bonds. The van der Waals surface area contributed by atoms with Gasteiger partial charge in [-0.25, -0.2) is 8.42 Å². The maximum Gasteiger partial charge on any atom is 0.220 e. The van der Waals surface area contributed by atoms with Crippen LogP contribution in [0.3, 0.4) is 0 Å². The minimum atomic E-state index is -4.32. The highest BCUT2D eigenvalue weighted by Crippen LogP contribution is 2.41. The number of amides is 1. The highest BCUT2D eigenvalue weighted by atomic mass is 35.5. The third kappa shape index (κ3) is 12.2. The van der Waals surface area contributed by atoms with E-state index < -0.39 is 15.9 Å². The summed E-state index contributed by atoms with van der Waals surface area (Å²) in [7, 11) is -4.32. The number of rotatable bonds is 25. The van der Waals surface area contributed by atoms with Crippen molar-refractivity contribution in [3.8, 4) is 0 Å². The van der Waals surface area contributed by atoms with Crippen LogP contribution in [0.2, 0.25) is 0 Å². The van der Waals surface area contributed by atoms with E-state index in [4.69, 9.17) is 31.3 Å². The van der Waals surface area contributed by atoms with E-state index in [0.717, 1.165) is 81.9 Å². The summed E-state index contributed by atoms with van der Waals surface area (Å²) < 4.78 is 55.1. The zero-order chi connectivity index (χ0) is 44.0. The van der Waals surface area contributed by atoms with Crippen LogP contribution in [-0.2, 0) is 41.1 Å². The van der Waals surface area contributed by atoms with E-state index >= 15 is 0 Å². The van der Waals surface area contributed by atoms with Gasteiger partial charge in [-0.3, -0.25) is 4.79 Å². The first-order valence-electron chi connectivity index (χ1n) is 21.5. The van der Waals surface area contributed by atoms with E-state index in [-0.39, 0.29) is 17.7 Å². The van der Waals surface area contributed by atoms with E-state index in [1.54, 1.807) is 0 Å². The first-order valence-corrected chi connectivity index (χ1v) is 23.4. The Morgan fingerprint density at radius 1 is 0.935 bits per heavy atom. The topological polar surface area (TPSA) is 171 Å². The molecule has 0 radical (unpaired) electrons. The molecule has 0 unspecified atom stereocenters. The molecule has 0 fully saturated rings. The van der Waals surface area contributed by atoms with Gasteiger partial charge in [0.2, 0.25) is 11.6 Å². The van der Waals surface area contributed by atoms with Crippen molar-refractivity contribution in [2.75, 3.05) is 65.0 Å². The molecule has 1 aromatic heterocycles. The number of allylic oxidation sites excluding steroid dienone is 6. The number of nitrogens with zero attached hydrogens (tertiary/aromatic N) is 5. The van der Waals surface area contributed by atoms with E-state index in [1.165, 1.54) is 17.0 Å². The molecule has 2 aliphatic rings. The zero-order valence-corrected chi connectivity index (χ0v) is 37.3. The van der Waals surface area contributed by atoms with Crippen molar-refractivity contribution in [1.82, 2.24) is 9.88 Å². The molecule has 0 saturated heterocycles. The van der Waals surface area contributed by atoms with Crippen LogP contribution < -0.4 is 10.7 Å². The molecular weight excluding hydrogens is 828 g/mol. The standard InChI is InChI=1S/C47H57ClN6O7S/c1-47(2)39-14-5-6-15-41(39)54(26-7-3-4-17-44(55)50-24-28-59-30-32-61-33-31-60-29-25-51-52-49)43(47)23-21-37-19-18-36(46(37)48)20-22-40-38-13-8-11-35-12-9-16-42(45(35)38)53(40)27-10-34-62(56,57)58/h5-6,8-9,11-16,20-23H,3-4,7,10,17-19,24-34H2,1-2H3,(H-,50,55,56,57,58). The molecule has 4 aromatic rings. The van der Waals surface area contributed by atoms with Crippen LogP contribution in [0, 0.1) is 0 Å². The lowest BCUT2D eigenvalue weighted by Crippen LogP contribution is -2.28. The second-order valence-corrected chi connectivity index (χ2v) is 17.9. The van der Waals surface area contributed by atoms with Gasteiger partial charge in [-0.15, -0.1) is 0 Å². The summed E-state index contributed by atoms with van der Waals surface area (Å²) in [4.78, 5) is 15.2. The Bertz CT molecular complexity index is 2550. The highest BCUT2D eigenvalue weighted by molar-refractivity contribution is 7.85. The quantitative estimate of drug-likeness (QED) is 0.0175. The second kappa shape index (κ2) is 22.5. The van der Waals surface area contributed by atoms with Crippen LogP contribution >= 0.6 is 11.6 Å². The van der Waals surface area contributed by atoms with Gasteiger partial charge < -0.3 is 28.6 Å². The van der Waals surface area contributed by atoms with Crippen LogP contribution in [0.25, 0.3) is 38.2 Å². The second-order valence-electron chi connectivity index (χ2n) is 16.0. The number of nitrogens with one attached hydrogen (secondary N) is 1. The number of benzene rings is 3. The number of unbranched alkanes of at least 4 members (excludes halogenated alkanes) is 2. The minimum Gasteiger partial charge on any atom is -0.748 e. The highest BCUT2D eigenvalue weighted by Gasteiger charge is 2.43. The van der Waals surface area contributed by atoms with Gasteiger partial charge in [-0.05, 0) is 80.2 Å². The van der Waals surface area contributed by atoms with Crippen LogP contribution in [-0.4, -0.2) is 98.8 Å². The predicted molar refractivity (Wildman–Crippen MR) is 245 cm³/mol. The van der Waals surface area contributed by atoms with Crippen LogP contribution in [0.5, 0.6) is 0 Å². The predicted octanol–water partition coefficient (Wildman–Crippen LogP) is 8.11. The summed E-state index contributed by atoms with van der Waals surface area (Å²) in [6, 6.07) is 20.9. The molecule has 6 rings (SSSR count). The number of para-hydroxylation sites is 1. The molecule has 62 heavy (non-hydrogen) atoms. The third-order valence-corrected chi connectivity index (χ3v) is 12.7. The number of aromatic nitrogens is 1. The fourth-order valence-electron chi connectivity index (χ4n) is 8.38. The van der Waals surface area contributed by atoms with E-state index in [1.807, 2.05) is 18.2 Å². The molecule has 330 valence electrons. The number of azide groups is 1. The molecule has 1 N–H and O–H groups in total. The number of hydrogen-bond donors (Lipinski definition) is 1. The van der Waals surface area contributed by atoms with Gasteiger partial charge in [0.1, 0.15) is 6.54 Å². The van der Waals surface area contributed by atoms with Gasteiger partial charge in [0.05, 0.1) is 55.2 Å². The number of fused-ring (bicyclic) bond motifs is 1. The fourth-order valence-corrected chi connectivity index (χ4v) is 9.18. The largest absolute Gasteiger partial charge is 0.748 e. The third-order valence-electron chi connectivity index (χ3n) is 11.4. The van der Waals surface area contributed by atoms with E-state index in [0.29, 0.717) is 65.7 Å². The molecule has 15 heteroatoms. The number of ether oxygens (including phenoxy) is 3. The Morgan fingerprint density at radius 2 is 1.68 bits per heavy atom. The number of hydrogen-bond acceptors (Lipinski definition) is 8. The molecule has 0 atom stereocenters. The normalized spacial score (nSPS) is 16.1. The lowest BCUT2D eigenvalue weighted by molar-refractivity contribution is -0.438. The molecule has 13 nitrogen and oxygen atoms in total. The summed E-state index contributed by atoms with van der Waals surface area (Å²) >= 11 is 7.12. The summed E-state index contributed by atoms with van der Waals surface area (Å²) in [5.41, 5.74) is 14.9. The van der Waals surface area contributed by atoms with Gasteiger partial charge in [-0.2, -0.15) is 4.58 Å². The maximum absolute atomic E-state index is 12.5. The molecule has 1 aliphatic carbocycles. The van der Waals surface area contributed by atoms with Crippen LogP contribution in [0.1, 0.15) is 64.4 Å². The van der Waals surface area contributed by atoms with Crippen LogP contribution in [0.15, 0.2) is 100 Å². The van der Waals surface area contributed by atoms with Gasteiger partial charge in [0.15, 0.2) is 5.71 Å². The fraction of sp³-hybridized carbons (Fsp3) is 0.447. The molecule has 1 aliphatic heterocycles. The van der Waals surface area contributed by atoms with E-state index in [2.05, 4.69) is 105 Å². The SMILES string of the molecule is CC1(C)C(/C=C/C2=C(Cl)C(=C/C=c3\c4cccc5cccc(c54)n3CCCS(=O)(=O)[O-])/CC2)=[N+](CCCCCC(=O)NCCOCCOCCOCCN=[N+]=[N-])c2ccccc21. The summed E-state index contributed by atoms with van der Waals surface area (Å²) in [5, 5.41) is 11.3. The molecular formula is C47H57ClN6O7S. The van der Waals surface area contributed by atoms with Crippen molar-refractivity contribution in [3.63, 3.8) is 0 Å². The van der Waals surface area contributed by atoms with Crippen molar-refractivity contribution < 1.29 is 36.6 Å². The summed E-state index contributed by atoms with van der Waals surface area (Å²) in [6.07, 6.45) is 13.5. The molecule has 0 spiro atoms. The number of carbonyl (C=O) groups excluding carboxylic acids is 1. The molecule has 3 aromatic carbocycles. The molecule has 2 heterocycles. The van der Waals surface area contributed by atoms with Gasteiger partial charge >= 0.3 is 0 Å². The molecule has 0 saturated carbocycles. The van der Waals surface area contributed by atoms with Gasteiger partial charge in [-0.1, -0.05) is 77.4 Å². The number of carbonyl (C=O) groups is 1. The van der Waals surface area contributed by atoms with Crippen molar-refractivity contribution in [2.24, 2.45) is 5.11 Å². The zero-order valence-electron chi connectivity index (χ0n) is 35.7. The van der Waals surface area contributed by atoms with Crippen LogP contribution in [0.4, 0.5) is 5.69 Å². The Kier molecular flexibility index (Phi) is 17.0. The van der Waals surface area contributed by atoms with Gasteiger partial charge in [0, 0.05) is 87.5 Å². The Labute approximate surface area is 369 Å². The number of aryl methyl sites for hydroxylation is 1. The van der Waals surface area contributed by atoms with Crippen molar-refractivity contribution in [1.29, 1.82) is 0 Å². The summed E-state index contributed by atoms with van der Waals surface area (Å²) in [5.74, 6) is -0.390. The van der Waals surface area contributed by atoms with Crippen molar-refractivity contribution >= 4 is 66.8 Å².